The molecule has 0 spiro atoms. The maximum absolute atomic E-state index is 5.48. The first-order valence-electron chi connectivity index (χ1n) is 7.72. The Morgan fingerprint density at radius 1 is 1.10 bits per heavy atom. The predicted molar refractivity (Wildman–Crippen MR) is 88.5 cm³/mol. The molecule has 0 aliphatic rings. The molecule has 0 fully saturated rings. The quantitative estimate of drug-likeness (QED) is 0.568. The van der Waals surface area contributed by atoms with Gasteiger partial charge in [0.25, 0.3) is 0 Å². The second-order valence-electron chi connectivity index (χ2n) is 4.85. The Balaban J connectivity index is 2.67. The van der Waals surface area contributed by atoms with E-state index in [1.165, 1.54) is 5.69 Å². The summed E-state index contributed by atoms with van der Waals surface area (Å²) in [4.78, 5) is 2.35. The fraction of sp³-hybridized carbons (Fsp3) is 0.800. The third-order valence-corrected chi connectivity index (χ3v) is 4.30. The van der Waals surface area contributed by atoms with Gasteiger partial charge in [0.15, 0.2) is 0 Å². The summed E-state index contributed by atoms with van der Waals surface area (Å²) in [5, 5.41) is 4.56. The van der Waals surface area contributed by atoms with Crippen molar-refractivity contribution in [1.29, 1.82) is 0 Å². The van der Waals surface area contributed by atoms with Gasteiger partial charge in [-0.3, -0.25) is 9.58 Å². The summed E-state index contributed by atoms with van der Waals surface area (Å²) in [5.41, 5.74) is 2.32. The van der Waals surface area contributed by atoms with E-state index in [4.69, 9.17) is 9.47 Å². The van der Waals surface area contributed by atoms with Gasteiger partial charge in [-0.1, -0.05) is 6.92 Å². The molecule has 0 aromatic carbocycles. The average Bonchev–Trinajstić information content (AvgIpc) is 2.74. The highest BCUT2D eigenvalue weighted by Gasteiger charge is 2.16. The average molecular weight is 362 g/mol. The number of hydrogen-bond acceptors (Lipinski definition) is 4. The van der Waals surface area contributed by atoms with Gasteiger partial charge in [-0.05, 0) is 36.2 Å². The molecule has 1 rings (SSSR count). The first-order chi connectivity index (χ1) is 10.1. The molecule has 1 aromatic rings. The van der Waals surface area contributed by atoms with Crippen LogP contribution in [0.1, 0.15) is 32.2 Å². The van der Waals surface area contributed by atoms with Crippen LogP contribution in [0.5, 0.6) is 0 Å². The van der Waals surface area contributed by atoms with Crippen LogP contribution in [-0.4, -0.2) is 54.2 Å². The van der Waals surface area contributed by atoms with E-state index in [9.17, 15) is 0 Å². The summed E-state index contributed by atoms with van der Waals surface area (Å²) in [6, 6.07) is 0. The third-order valence-electron chi connectivity index (χ3n) is 3.39. The van der Waals surface area contributed by atoms with Crippen molar-refractivity contribution in [2.45, 2.75) is 33.7 Å². The zero-order valence-electron chi connectivity index (χ0n) is 13.7. The molecule has 0 bridgehead atoms. The zero-order valence-corrected chi connectivity index (χ0v) is 15.3. The van der Waals surface area contributed by atoms with Crippen molar-refractivity contribution in [3.8, 4) is 0 Å². The van der Waals surface area contributed by atoms with Gasteiger partial charge in [0, 0.05) is 39.9 Å². The summed E-state index contributed by atoms with van der Waals surface area (Å²) in [6.07, 6.45) is 0.937. The van der Waals surface area contributed by atoms with E-state index < -0.39 is 0 Å². The second-order valence-corrected chi connectivity index (χ2v) is 5.65. The Labute approximate surface area is 136 Å². The van der Waals surface area contributed by atoms with Crippen LogP contribution >= 0.6 is 15.9 Å². The molecule has 122 valence electrons. The van der Waals surface area contributed by atoms with Crippen molar-refractivity contribution >= 4 is 15.9 Å². The normalized spacial score (nSPS) is 11.5. The number of nitrogens with zero attached hydrogens (tertiary/aromatic N) is 3. The number of ether oxygens (including phenoxy) is 2. The largest absolute Gasteiger partial charge is 0.380 e. The minimum absolute atomic E-state index is 0.749. The van der Waals surface area contributed by atoms with Gasteiger partial charge in [-0.2, -0.15) is 5.10 Å². The van der Waals surface area contributed by atoms with Crippen LogP contribution in [0.25, 0.3) is 0 Å². The summed E-state index contributed by atoms with van der Waals surface area (Å²) in [7, 11) is 2.00. The summed E-state index contributed by atoms with van der Waals surface area (Å²) < 4.78 is 14.1. The highest BCUT2D eigenvalue weighted by Crippen LogP contribution is 2.22. The van der Waals surface area contributed by atoms with Crippen LogP contribution in [0.3, 0.4) is 0 Å². The van der Waals surface area contributed by atoms with Gasteiger partial charge in [0.05, 0.1) is 29.1 Å². The Morgan fingerprint density at radius 3 is 2.10 bits per heavy atom. The van der Waals surface area contributed by atoms with Crippen molar-refractivity contribution in [2.24, 2.45) is 7.05 Å². The van der Waals surface area contributed by atoms with E-state index in [1.807, 2.05) is 25.6 Å². The number of aryl methyl sites for hydroxylation is 2. The van der Waals surface area contributed by atoms with Gasteiger partial charge in [-0.25, -0.2) is 0 Å². The SMILES string of the molecule is CCOCCN(CCOCC)Cc1c(Br)c(CC)nn1C. The lowest BCUT2D eigenvalue weighted by Gasteiger charge is -2.22. The van der Waals surface area contributed by atoms with E-state index in [0.29, 0.717) is 0 Å². The highest BCUT2D eigenvalue weighted by molar-refractivity contribution is 9.10. The fourth-order valence-corrected chi connectivity index (χ4v) is 2.89. The van der Waals surface area contributed by atoms with Crippen LogP contribution in [0.2, 0.25) is 0 Å². The molecule has 0 atom stereocenters. The van der Waals surface area contributed by atoms with E-state index in [1.54, 1.807) is 0 Å². The van der Waals surface area contributed by atoms with E-state index >= 15 is 0 Å². The molecule has 0 saturated carbocycles. The summed E-state index contributed by atoms with van der Waals surface area (Å²) in [5.74, 6) is 0. The molecule has 0 radical (unpaired) electrons. The minimum Gasteiger partial charge on any atom is -0.380 e. The molecule has 5 nitrogen and oxygen atoms in total. The number of aromatic nitrogens is 2. The van der Waals surface area contributed by atoms with Crippen LogP contribution < -0.4 is 0 Å². The molecule has 0 amide bonds. The molecule has 1 aromatic heterocycles. The maximum atomic E-state index is 5.48. The van der Waals surface area contributed by atoms with Crippen molar-refractivity contribution < 1.29 is 9.47 Å². The summed E-state index contributed by atoms with van der Waals surface area (Å²) in [6.45, 7) is 11.8. The van der Waals surface area contributed by atoms with Crippen molar-refractivity contribution in [3.63, 3.8) is 0 Å². The molecular formula is C15H28BrN3O2. The molecule has 0 unspecified atom stereocenters. The molecular weight excluding hydrogens is 334 g/mol. The predicted octanol–water partition coefficient (Wildman–Crippen LogP) is 2.62. The Bertz CT molecular complexity index is 400. The Kier molecular flexibility index (Phi) is 9.15. The first kappa shape index (κ1) is 18.6. The standard InChI is InChI=1S/C15H28BrN3O2/c1-5-13-15(16)14(18(4)17-13)12-19(8-10-20-6-2)9-11-21-7-3/h5-12H2,1-4H3. The topological polar surface area (TPSA) is 39.5 Å². The first-order valence-corrected chi connectivity index (χ1v) is 8.51. The molecule has 0 aliphatic heterocycles. The van der Waals surface area contributed by atoms with Gasteiger partial charge in [0.2, 0.25) is 0 Å². The Hall–Kier alpha value is -0.430. The van der Waals surface area contributed by atoms with E-state index in [0.717, 1.165) is 62.6 Å². The number of hydrogen-bond donors (Lipinski definition) is 0. The lowest BCUT2D eigenvalue weighted by atomic mass is 10.3. The second kappa shape index (κ2) is 10.3. The lowest BCUT2D eigenvalue weighted by molar-refractivity contribution is 0.0786. The van der Waals surface area contributed by atoms with Crippen molar-refractivity contribution in [3.05, 3.63) is 15.9 Å². The molecule has 0 aliphatic carbocycles. The van der Waals surface area contributed by atoms with Gasteiger partial charge in [-0.15, -0.1) is 0 Å². The van der Waals surface area contributed by atoms with Crippen LogP contribution in [0, 0.1) is 0 Å². The van der Waals surface area contributed by atoms with Gasteiger partial charge in [0.1, 0.15) is 0 Å². The van der Waals surface area contributed by atoms with Crippen LogP contribution in [-0.2, 0) is 29.5 Å². The molecule has 21 heavy (non-hydrogen) atoms. The monoisotopic (exact) mass is 361 g/mol. The number of halogens is 1. The molecule has 6 heteroatoms. The molecule has 0 saturated heterocycles. The lowest BCUT2D eigenvalue weighted by Crippen LogP contribution is -2.31. The number of rotatable bonds is 11. The molecule has 0 N–H and O–H groups in total. The third kappa shape index (κ3) is 6.06. The summed E-state index contributed by atoms with van der Waals surface area (Å²) >= 11 is 3.68. The van der Waals surface area contributed by atoms with Crippen LogP contribution in [0.15, 0.2) is 4.47 Å². The fourth-order valence-electron chi connectivity index (χ4n) is 2.15. The van der Waals surface area contributed by atoms with Gasteiger partial charge < -0.3 is 9.47 Å². The molecule has 1 heterocycles. The van der Waals surface area contributed by atoms with E-state index in [2.05, 4.69) is 32.9 Å². The highest BCUT2D eigenvalue weighted by atomic mass is 79.9. The zero-order chi connectivity index (χ0) is 15.7. The van der Waals surface area contributed by atoms with E-state index in [-0.39, 0.29) is 0 Å². The van der Waals surface area contributed by atoms with Crippen molar-refractivity contribution in [1.82, 2.24) is 14.7 Å². The van der Waals surface area contributed by atoms with Gasteiger partial charge >= 0.3 is 0 Å². The van der Waals surface area contributed by atoms with Crippen LogP contribution in [0.4, 0.5) is 0 Å². The maximum Gasteiger partial charge on any atom is 0.0767 e. The van der Waals surface area contributed by atoms with Crippen molar-refractivity contribution in [2.75, 3.05) is 39.5 Å². The Morgan fingerprint density at radius 2 is 1.67 bits per heavy atom. The minimum atomic E-state index is 0.749. The smallest absolute Gasteiger partial charge is 0.0767 e.